The molecule has 0 spiro atoms. The van der Waals surface area contributed by atoms with Crippen LogP contribution in [0.4, 0.5) is 4.79 Å². The van der Waals surface area contributed by atoms with Crippen LogP contribution in [-0.2, 0) is 20.6 Å². The summed E-state index contributed by atoms with van der Waals surface area (Å²) in [6, 6.07) is 9.74. The van der Waals surface area contributed by atoms with E-state index < -0.39 is 12.2 Å². The van der Waals surface area contributed by atoms with Gasteiger partial charge in [-0.05, 0) is 5.56 Å². The number of primary amides is 1. The van der Waals surface area contributed by atoms with Crippen molar-refractivity contribution in [1.29, 1.82) is 0 Å². The first kappa shape index (κ1) is 14.6. The van der Waals surface area contributed by atoms with Gasteiger partial charge in [0.05, 0.1) is 6.61 Å². The van der Waals surface area contributed by atoms with Crippen molar-refractivity contribution < 1.29 is 19.0 Å². The molecular formula is C15H19NO4. The van der Waals surface area contributed by atoms with Crippen LogP contribution in [-0.4, -0.2) is 38.1 Å². The van der Waals surface area contributed by atoms with Crippen molar-refractivity contribution in [3.05, 3.63) is 48.0 Å². The van der Waals surface area contributed by atoms with Gasteiger partial charge in [-0.3, -0.25) is 0 Å². The van der Waals surface area contributed by atoms with E-state index >= 15 is 0 Å². The third kappa shape index (κ3) is 3.82. The van der Waals surface area contributed by atoms with E-state index in [1.165, 1.54) is 0 Å². The van der Waals surface area contributed by atoms with Crippen LogP contribution < -0.4 is 5.73 Å². The molecule has 1 aliphatic heterocycles. The first-order valence-electron chi connectivity index (χ1n) is 6.52. The summed E-state index contributed by atoms with van der Waals surface area (Å²) >= 11 is 0. The maximum Gasteiger partial charge on any atom is 0.404 e. The first-order valence-corrected chi connectivity index (χ1v) is 6.52. The van der Waals surface area contributed by atoms with Gasteiger partial charge in [0.2, 0.25) is 0 Å². The minimum atomic E-state index is -0.810. The lowest BCUT2D eigenvalue weighted by atomic mass is 10.00. The molecule has 1 aromatic carbocycles. The minimum absolute atomic E-state index is 0.229. The van der Waals surface area contributed by atoms with Crippen LogP contribution in [0.5, 0.6) is 0 Å². The fourth-order valence-corrected chi connectivity index (χ4v) is 2.33. The van der Waals surface area contributed by atoms with Crippen molar-refractivity contribution in [1.82, 2.24) is 0 Å². The maximum absolute atomic E-state index is 11.1. The molecule has 2 rings (SSSR count). The summed E-state index contributed by atoms with van der Waals surface area (Å²) in [4.78, 5) is 11.1. The van der Waals surface area contributed by atoms with Crippen LogP contribution in [0.25, 0.3) is 0 Å². The van der Waals surface area contributed by atoms with Gasteiger partial charge in [-0.15, -0.1) is 0 Å². The Morgan fingerprint density at radius 1 is 1.45 bits per heavy atom. The highest BCUT2D eigenvalue weighted by atomic mass is 16.6. The smallest absolute Gasteiger partial charge is 0.404 e. The largest absolute Gasteiger partial charge is 0.443 e. The average Bonchev–Trinajstić information content (AvgIpc) is 2.94. The zero-order valence-corrected chi connectivity index (χ0v) is 11.4. The van der Waals surface area contributed by atoms with E-state index in [9.17, 15) is 4.79 Å². The van der Waals surface area contributed by atoms with Crippen LogP contribution in [0, 0.1) is 0 Å². The third-order valence-corrected chi connectivity index (χ3v) is 3.22. The van der Waals surface area contributed by atoms with Crippen molar-refractivity contribution in [2.24, 2.45) is 5.73 Å². The van der Waals surface area contributed by atoms with Gasteiger partial charge in [-0.2, -0.15) is 0 Å². The fraction of sp³-hybridized carbons (Fsp3) is 0.400. The standard InChI is InChI=1S/C15H19NO4/c1-18-14(12-8-5-9-19-12)13(20-15(16)17)10-11-6-3-2-4-7-11/h2-8,12-14H,9-10H2,1H3,(H2,16,17)/t12-,13?,14-/m0/s1. The van der Waals surface area contributed by atoms with Gasteiger partial charge in [-0.1, -0.05) is 42.5 Å². The highest BCUT2D eigenvalue weighted by Crippen LogP contribution is 2.19. The monoisotopic (exact) mass is 277 g/mol. The number of hydrogen-bond donors (Lipinski definition) is 1. The zero-order chi connectivity index (χ0) is 14.4. The van der Waals surface area contributed by atoms with Crippen LogP contribution in [0.3, 0.4) is 0 Å². The number of nitrogens with two attached hydrogens (primary N) is 1. The molecule has 5 nitrogen and oxygen atoms in total. The number of carbonyl (C=O) groups excluding carboxylic acids is 1. The molecule has 0 saturated carbocycles. The summed E-state index contributed by atoms with van der Waals surface area (Å²) in [7, 11) is 1.57. The Morgan fingerprint density at radius 3 is 2.75 bits per heavy atom. The first-order chi connectivity index (χ1) is 9.70. The van der Waals surface area contributed by atoms with Crippen LogP contribution >= 0.6 is 0 Å². The van der Waals surface area contributed by atoms with E-state index in [0.29, 0.717) is 13.0 Å². The normalized spacial score (nSPS) is 20.6. The lowest BCUT2D eigenvalue weighted by Gasteiger charge is -2.28. The van der Waals surface area contributed by atoms with Crippen LogP contribution in [0.1, 0.15) is 5.56 Å². The molecule has 0 aromatic heterocycles. The van der Waals surface area contributed by atoms with Crippen molar-refractivity contribution in [2.45, 2.75) is 24.7 Å². The van der Waals surface area contributed by atoms with Crippen molar-refractivity contribution >= 4 is 6.09 Å². The van der Waals surface area contributed by atoms with Crippen molar-refractivity contribution in [2.75, 3.05) is 13.7 Å². The predicted molar refractivity (Wildman–Crippen MR) is 74.3 cm³/mol. The average molecular weight is 277 g/mol. The second-order valence-corrected chi connectivity index (χ2v) is 4.59. The molecule has 20 heavy (non-hydrogen) atoms. The number of methoxy groups -OCH3 is 1. The number of carbonyl (C=O) groups is 1. The molecule has 1 unspecified atom stereocenters. The van der Waals surface area contributed by atoms with Crippen LogP contribution in [0.2, 0.25) is 0 Å². The molecule has 0 fully saturated rings. The number of hydrogen-bond acceptors (Lipinski definition) is 4. The Bertz CT molecular complexity index is 460. The Labute approximate surface area is 118 Å². The highest BCUT2D eigenvalue weighted by Gasteiger charge is 2.33. The van der Waals surface area contributed by atoms with Gasteiger partial charge >= 0.3 is 6.09 Å². The SMILES string of the molecule is CO[C@H](C(Cc1ccccc1)OC(N)=O)[C@@H]1C=CCO1. The Hall–Kier alpha value is -1.85. The molecule has 2 N–H and O–H groups in total. The molecule has 0 aliphatic carbocycles. The van der Waals surface area contributed by atoms with E-state index in [1.807, 2.05) is 42.5 Å². The fourth-order valence-electron chi connectivity index (χ4n) is 2.33. The van der Waals surface area contributed by atoms with Gasteiger partial charge < -0.3 is 19.9 Å². The van der Waals surface area contributed by atoms with Crippen molar-refractivity contribution in [3.8, 4) is 0 Å². The van der Waals surface area contributed by atoms with E-state index in [0.717, 1.165) is 5.56 Å². The minimum Gasteiger partial charge on any atom is -0.443 e. The maximum atomic E-state index is 11.1. The molecule has 1 heterocycles. The summed E-state index contributed by atoms with van der Waals surface area (Å²) in [5, 5.41) is 0. The molecule has 0 radical (unpaired) electrons. The lowest BCUT2D eigenvalue weighted by molar-refractivity contribution is -0.0801. The molecule has 0 bridgehead atoms. The quantitative estimate of drug-likeness (QED) is 0.803. The number of amides is 1. The highest BCUT2D eigenvalue weighted by molar-refractivity contribution is 5.64. The number of ether oxygens (including phenoxy) is 3. The number of benzene rings is 1. The number of rotatable bonds is 6. The van der Waals surface area contributed by atoms with Gasteiger partial charge in [-0.25, -0.2) is 4.79 Å². The summed E-state index contributed by atoms with van der Waals surface area (Å²) in [6.07, 6.45) is 2.43. The summed E-state index contributed by atoms with van der Waals surface area (Å²) in [5.41, 5.74) is 6.21. The van der Waals surface area contributed by atoms with Gasteiger partial charge in [0, 0.05) is 13.5 Å². The van der Waals surface area contributed by atoms with Gasteiger partial charge in [0.15, 0.2) is 0 Å². The second-order valence-electron chi connectivity index (χ2n) is 4.59. The molecule has 5 heteroatoms. The van der Waals surface area contributed by atoms with E-state index in [-0.39, 0.29) is 12.2 Å². The summed E-state index contributed by atoms with van der Waals surface area (Å²) < 4.78 is 16.2. The van der Waals surface area contributed by atoms with E-state index in [2.05, 4.69) is 0 Å². The van der Waals surface area contributed by atoms with E-state index in [1.54, 1.807) is 7.11 Å². The Balaban J connectivity index is 2.12. The molecule has 1 amide bonds. The van der Waals surface area contributed by atoms with Crippen molar-refractivity contribution in [3.63, 3.8) is 0 Å². The second kappa shape index (κ2) is 7.07. The Morgan fingerprint density at radius 2 is 2.20 bits per heavy atom. The zero-order valence-electron chi connectivity index (χ0n) is 11.4. The molecule has 1 aromatic rings. The topological polar surface area (TPSA) is 70.8 Å². The lowest BCUT2D eigenvalue weighted by Crippen LogP contribution is -2.43. The Kier molecular flexibility index (Phi) is 5.15. The molecule has 0 saturated heterocycles. The van der Waals surface area contributed by atoms with E-state index in [4.69, 9.17) is 19.9 Å². The summed E-state index contributed by atoms with van der Waals surface area (Å²) in [6.45, 7) is 0.541. The molecular weight excluding hydrogens is 258 g/mol. The molecule has 108 valence electrons. The van der Waals surface area contributed by atoms with Gasteiger partial charge in [0.25, 0.3) is 0 Å². The third-order valence-electron chi connectivity index (χ3n) is 3.22. The predicted octanol–water partition coefficient (Wildman–Crippen LogP) is 1.66. The van der Waals surface area contributed by atoms with Gasteiger partial charge in [0.1, 0.15) is 18.3 Å². The molecule has 1 aliphatic rings. The molecule has 3 atom stereocenters. The van der Waals surface area contributed by atoms with Crippen LogP contribution in [0.15, 0.2) is 42.5 Å². The summed E-state index contributed by atoms with van der Waals surface area (Å²) in [5.74, 6) is 0.